The van der Waals surface area contributed by atoms with Gasteiger partial charge in [0.2, 0.25) is 0 Å². The van der Waals surface area contributed by atoms with E-state index in [1.165, 1.54) is 36.4 Å². The summed E-state index contributed by atoms with van der Waals surface area (Å²) in [6.45, 7) is 0. The number of nitrogen functional groups attached to an aromatic ring is 2. The summed E-state index contributed by atoms with van der Waals surface area (Å²) < 4.78 is 65.0. The summed E-state index contributed by atoms with van der Waals surface area (Å²) in [5.41, 5.74) is 11.0. The van der Waals surface area contributed by atoms with E-state index >= 15 is 0 Å². The Labute approximate surface area is 148 Å². The Hall–Kier alpha value is -3.18. The third kappa shape index (κ3) is 11.9. The minimum Gasteiger partial charge on any atom is -0.508 e. The number of phenols is 4. The molecule has 0 fully saturated rings. The number of nitrogens with two attached hydrogens (primary N) is 2. The van der Waals surface area contributed by atoms with Gasteiger partial charge in [0.05, 0.1) is 11.4 Å². The quantitative estimate of drug-likeness (QED) is 0.172. The number of anilines is 2. The minimum atomic E-state index is -5.14. The average Bonchev–Trinajstić information content (AvgIpc) is 2.45. The number of hydrogen-bond donors (Lipinski definition) is 6. The second kappa shape index (κ2) is 9.50. The summed E-state index contributed by atoms with van der Waals surface area (Å²) in [5.74, 6) is -0.145. The molecule has 2 rings (SSSR count). The maximum Gasteiger partial charge on any atom is 0.397 e. The molecular formula is C15H16F6N2O4. The van der Waals surface area contributed by atoms with Crippen LogP contribution in [-0.4, -0.2) is 32.8 Å². The molecule has 0 aliphatic heterocycles. The van der Waals surface area contributed by atoms with Crippen LogP contribution in [0, 0.1) is 0 Å². The fourth-order valence-electron chi connectivity index (χ4n) is 1.29. The van der Waals surface area contributed by atoms with E-state index in [1.807, 2.05) is 0 Å². The van der Waals surface area contributed by atoms with E-state index in [4.69, 9.17) is 31.9 Å². The van der Waals surface area contributed by atoms with Gasteiger partial charge in [0.1, 0.15) is 29.4 Å². The third-order valence-electron chi connectivity index (χ3n) is 2.43. The number of benzene rings is 2. The average molecular weight is 402 g/mol. The van der Waals surface area contributed by atoms with Crippen LogP contribution in [0.25, 0.3) is 0 Å². The molecular weight excluding hydrogens is 386 g/mol. The SMILES string of the molecule is FC(F)(F)CC(F)(F)F.Nc1ccc(O)cc1O.Nc1ccc(O)cc1O. The highest BCUT2D eigenvalue weighted by Gasteiger charge is 2.43. The van der Waals surface area contributed by atoms with Gasteiger partial charge in [-0.15, -0.1) is 0 Å². The molecule has 0 amide bonds. The van der Waals surface area contributed by atoms with E-state index in [-0.39, 0.29) is 34.4 Å². The van der Waals surface area contributed by atoms with Crippen LogP contribution in [0.4, 0.5) is 37.7 Å². The Kier molecular flexibility index (Phi) is 8.38. The van der Waals surface area contributed by atoms with E-state index in [0.717, 1.165) is 0 Å². The Bertz CT molecular complexity index is 674. The molecule has 0 aromatic heterocycles. The molecule has 0 bridgehead atoms. The van der Waals surface area contributed by atoms with Crippen LogP contribution in [0.3, 0.4) is 0 Å². The molecule has 0 radical (unpaired) electrons. The zero-order chi connectivity index (χ0) is 21.4. The lowest BCUT2D eigenvalue weighted by atomic mass is 10.3. The van der Waals surface area contributed by atoms with Crippen molar-refractivity contribution >= 4 is 11.4 Å². The first kappa shape index (κ1) is 23.8. The van der Waals surface area contributed by atoms with Gasteiger partial charge in [0.15, 0.2) is 0 Å². The minimum absolute atomic E-state index is 0.0155. The lowest BCUT2D eigenvalue weighted by Crippen LogP contribution is -2.20. The van der Waals surface area contributed by atoms with Crippen molar-refractivity contribution in [2.24, 2.45) is 0 Å². The van der Waals surface area contributed by atoms with Gasteiger partial charge in [-0.2, -0.15) is 26.3 Å². The predicted octanol–water partition coefficient (Wildman–Crippen LogP) is 3.86. The van der Waals surface area contributed by atoms with E-state index in [1.54, 1.807) is 0 Å². The zero-order valence-corrected chi connectivity index (χ0v) is 13.4. The Morgan fingerprint density at radius 1 is 0.630 bits per heavy atom. The number of hydrogen-bond acceptors (Lipinski definition) is 6. The molecule has 0 saturated carbocycles. The maximum absolute atomic E-state index is 10.8. The molecule has 0 spiro atoms. The van der Waals surface area contributed by atoms with Gasteiger partial charge in [-0.1, -0.05) is 0 Å². The van der Waals surface area contributed by atoms with Crippen molar-refractivity contribution in [3.63, 3.8) is 0 Å². The first-order valence-corrected chi connectivity index (χ1v) is 6.79. The van der Waals surface area contributed by atoms with Gasteiger partial charge in [0.25, 0.3) is 0 Å². The normalized spacial score (nSPS) is 10.9. The van der Waals surface area contributed by atoms with Crippen molar-refractivity contribution in [2.75, 3.05) is 11.5 Å². The molecule has 2 aromatic carbocycles. The van der Waals surface area contributed by atoms with Crippen LogP contribution in [0.1, 0.15) is 6.42 Å². The second-order valence-corrected chi connectivity index (χ2v) is 4.89. The maximum atomic E-state index is 10.8. The fourth-order valence-corrected chi connectivity index (χ4v) is 1.29. The van der Waals surface area contributed by atoms with Crippen molar-refractivity contribution in [1.29, 1.82) is 0 Å². The number of halogens is 6. The fraction of sp³-hybridized carbons (Fsp3) is 0.200. The highest BCUT2D eigenvalue weighted by atomic mass is 19.4. The van der Waals surface area contributed by atoms with Gasteiger partial charge < -0.3 is 31.9 Å². The molecule has 152 valence electrons. The van der Waals surface area contributed by atoms with E-state index < -0.39 is 18.8 Å². The van der Waals surface area contributed by atoms with Crippen molar-refractivity contribution in [1.82, 2.24) is 0 Å². The summed E-state index contributed by atoms with van der Waals surface area (Å²) in [5, 5.41) is 35.1. The Balaban J connectivity index is 0.000000376. The number of phenolic OH excluding ortho intramolecular Hbond substituents is 4. The smallest absolute Gasteiger partial charge is 0.397 e. The molecule has 0 unspecified atom stereocenters. The molecule has 0 atom stereocenters. The predicted molar refractivity (Wildman–Crippen MR) is 85.1 cm³/mol. The summed E-state index contributed by atoms with van der Waals surface area (Å²) >= 11 is 0. The van der Waals surface area contributed by atoms with E-state index in [0.29, 0.717) is 0 Å². The van der Waals surface area contributed by atoms with E-state index in [2.05, 4.69) is 0 Å². The van der Waals surface area contributed by atoms with Crippen LogP contribution >= 0.6 is 0 Å². The highest BCUT2D eigenvalue weighted by molar-refractivity contribution is 5.54. The van der Waals surface area contributed by atoms with Gasteiger partial charge in [-0.3, -0.25) is 0 Å². The number of aromatic hydroxyl groups is 4. The van der Waals surface area contributed by atoms with Gasteiger partial charge in [0, 0.05) is 12.1 Å². The van der Waals surface area contributed by atoms with Gasteiger partial charge >= 0.3 is 12.4 Å². The first-order valence-electron chi connectivity index (χ1n) is 6.79. The number of alkyl halides is 6. The monoisotopic (exact) mass is 402 g/mol. The molecule has 2 aromatic rings. The van der Waals surface area contributed by atoms with E-state index in [9.17, 15) is 26.3 Å². The van der Waals surface area contributed by atoms with Crippen molar-refractivity contribution in [2.45, 2.75) is 18.8 Å². The lowest BCUT2D eigenvalue weighted by molar-refractivity contribution is -0.232. The molecule has 0 saturated heterocycles. The summed E-state index contributed by atoms with van der Waals surface area (Å²) in [6.07, 6.45) is -13.0. The van der Waals surface area contributed by atoms with Crippen molar-refractivity contribution in [3.05, 3.63) is 36.4 Å². The van der Waals surface area contributed by atoms with Crippen LogP contribution in [-0.2, 0) is 0 Å². The molecule has 8 N–H and O–H groups in total. The van der Waals surface area contributed by atoms with Crippen molar-refractivity contribution < 1.29 is 46.8 Å². The van der Waals surface area contributed by atoms with Gasteiger partial charge in [-0.05, 0) is 24.3 Å². The van der Waals surface area contributed by atoms with Crippen LogP contribution in [0.5, 0.6) is 23.0 Å². The largest absolute Gasteiger partial charge is 0.508 e. The molecule has 0 heterocycles. The summed E-state index contributed by atoms with van der Waals surface area (Å²) in [4.78, 5) is 0. The van der Waals surface area contributed by atoms with Crippen molar-refractivity contribution in [3.8, 4) is 23.0 Å². The Morgan fingerprint density at radius 3 is 1.07 bits per heavy atom. The topological polar surface area (TPSA) is 133 Å². The van der Waals surface area contributed by atoms with Crippen LogP contribution in [0.15, 0.2) is 36.4 Å². The second-order valence-electron chi connectivity index (χ2n) is 4.89. The third-order valence-corrected chi connectivity index (χ3v) is 2.43. The Morgan fingerprint density at radius 2 is 0.926 bits per heavy atom. The summed E-state index contributed by atoms with van der Waals surface area (Å²) in [6, 6.07) is 8.07. The molecule has 27 heavy (non-hydrogen) atoms. The number of rotatable bonds is 0. The van der Waals surface area contributed by atoms with Gasteiger partial charge in [-0.25, -0.2) is 0 Å². The van der Waals surface area contributed by atoms with Crippen LogP contribution < -0.4 is 11.5 Å². The zero-order valence-electron chi connectivity index (χ0n) is 13.4. The molecule has 0 aliphatic rings. The standard InChI is InChI=1S/2C6H7NO2.C3H2F6/c2*7-5-2-1-4(8)3-6(5)9;4-2(5,6)1-3(7,8)9/h2*1-3,8-9H,7H2;1H2. The first-order chi connectivity index (χ1) is 12.1. The molecule has 6 nitrogen and oxygen atoms in total. The molecule has 0 aliphatic carbocycles. The highest BCUT2D eigenvalue weighted by Crippen LogP contribution is 2.31. The summed E-state index contributed by atoms with van der Waals surface area (Å²) in [7, 11) is 0. The lowest BCUT2D eigenvalue weighted by Gasteiger charge is -2.08. The van der Waals surface area contributed by atoms with Crippen LogP contribution in [0.2, 0.25) is 0 Å². The molecule has 12 heteroatoms.